The molecule has 1 aliphatic rings. The molecule has 3 heterocycles. The number of hydrogen-bond acceptors (Lipinski definition) is 4. The molecule has 1 aliphatic heterocycles. The Hall–Kier alpha value is -1.75. The Bertz CT molecular complexity index is 805. The molecule has 1 N–H and O–H groups in total. The van der Waals surface area contributed by atoms with Gasteiger partial charge in [-0.05, 0) is 41.6 Å². The number of fused-ring (bicyclic) bond motifs is 1. The van der Waals surface area contributed by atoms with Gasteiger partial charge in [-0.25, -0.2) is 0 Å². The first-order chi connectivity index (χ1) is 11.3. The maximum Gasteiger partial charge on any atom is 0.0714 e. The molecule has 0 saturated carbocycles. The van der Waals surface area contributed by atoms with Gasteiger partial charge >= 0.3 is 0 Å². The third-order valence-corrected chi connectivity index (χ3v) is 5.67. The van der Waals surface area contributed by atoms with Crippen LogP contribution in [-0.4, -0.2) is 36.1 Å². The molecule has 4 rings (SSSR count). The second kappa shape index (κ2) is 6.40. The minimum absolute atomic E-state index is 0.314. The number of rotatable bonds is 3. The highest BCUT2D eigenvalue weighted by molar-refractivity contribution is 7.10. The van der Waals surface area contributed by atoms with Gasteiger partial charge in [0, 0.05) is 42.6 Å². The van der Waals surface area contributed by atoms with Crippen molar-refractivity contribution >= 4 is 22.2 Å². The van der Waals surface area contributed by atoms with Gasteiger partial charge in [-0.3, -0.25) is 9.88 Å². The smallest absolute Gasteiger partial charge is 0.0714 e. The van der Waals surface area contributed by atoms with Crippen LogP contribution in [0.15, 0.2) is 48.0 Å². The Kier molecular flexibility index (Phi) is 4.12. The normalized spacial score (nSPS) is 17.4. The molecule has 1 unspecified atom stereocenters. The molecule has 118 valence electrons. The third kappa shape index (κ3) is 2.90. The first kappa shape index (κ1) is 14.8. The molecule has 23 heavy (non-hydrogen) atoms. The number of nitrogens with zero attached hydrogens (tertiary/aromatic N) is 2. The summed E-state index contributed by atoms with van der Waals surface area (Å²) < 4.78 is 0. The Morgan fingerprint density at radius 3 is 2.78 bits per heavy atom. The van der Waals surface area contributed by atoms with Gasteiger partial charge in [-0.1, -0.05) is 18.2 Å². The second-order valence-electron chi connectivity index (χ2n) is 6.12. The van der Waals surface area contributed by atoms with Crippen LogP contribution in [0, 0.1) is 6.92 Å². The van der Waals surface area contributed by atoms with Crippen molar-refractivity contribution in [3.63, 3.8) is 0 Å². The second-order valence-corrected chi connectivity index (χ2v) is 7.07. The van der Waals surface area contributed by atoms with E-state index in [0.717, 1.165) is 31.7 Å². The van der Waals surface area contributed by atoms with Crippen molar-refractivity contribution in [2.24, 2.45) is 0 Å². The van der Waals surface area contributed by atoms with E-state index in [-0.39, 0.29) is 0 Å². The highest BCUT2D eigenvalue weighted by atomic mass is 32.1. The number of hydrogen-bond donors (Lipinski definition) is 1. The van der Waals surface area contributed by atoms with Gasteiger partial charge in [0.2, 0.25) is 0 Å². The van der Waals surface area contributed by atoms with Crippen LogP contribution >= 0.6 is 11.3 Å². The maximum atomic E-state index is 4.70. The number of thiophene rings is 1. The Balaban J connectivity index is 1.80. The Labute approximate surface area is 141 Å². The number of para-hydroxylation sites is 1. The fraction of sp³-hybridized carbons (Fsp3) is 0.316. The van der Waals surface area contributed by atoms with E-state index in [1.54, 1.807) is 0 Å². The van der Waals surface area contributed by atoms with Gasteiger partial charge in [0.25, 0.3) is 0 Å². The van der Waals surface area contributed by atoms with E-state index in [2.05, 4.69) is 59.0 Å². The first-order valence-corrected chi connectivity index (χ1v) is 9.04. The lowest BCUT2D eigenvalue weighted by Crippen LogP contribution is -2.45. The van der Waals surface area contributed by atoms with Crippen LogP contribution in [0.1, 0.15) is 22.0 Å². The van der Waals surface area contributed by atoms with Gasteiger partial charge < -0.3 is 5.32 Å². The highest BCUT2D eigenvalue weighted by Gasteiger charge is 2.26. The zero-order valence-electron chi connectivity index (χ0n) is 13.3. The Morgan fingerprint density at radius 2 is 2.00 bits per heavy atom. The summed E-state index contributed by atoms with van der Waals surface area (Å²) in [5, 5.41) is 6.88. The topological polar surface area (TPSA) is 28.2 Å². The average Bonchev–Trinajstić information content (AvgIpc) is 3.02. The molecule has 0 amide bonds. The van der Waals surface area contributed by atoms with Crippen molar-refractivity contribution in [1.82, 2.24) is 15.2 Å². The molecule has 4 heteroatoms. The molecule has 0 aliphatic carbocycles. The summed E-state index contributed by atoms with van der Waals surface area (Å²) in [5.41, 5.74) is 3.75. The highest BCUT2D eigenvalue weighted by Crippen LogP contribution is 2.35. The SMILES string of the molecule is Cc1ccsc1C(c1cnc2ccccc2c1)N1CCNCC1. The molecule has 0 spiro atoms. The zero-order valence-corrected chi connectivity index (χ0v) is 14.1. The van der Waals surface area contributed by atoms with E-state index >= 15 is 0 Å². The van der Waals surface area contributed by atoms with Crippen LogP contribution in [-0.2, 0) is 0 Å². The van der Waals surface area contributed by atoms with E-state index in [9.17, 15) is 0 Å². The number of aromatic nitrogens is 1. The minimum Gasteiger partial charge on any atom is -0.314 e. The zero-order chi connectivity index (χ0) is 15.6. The van der Waals surface area contributed by atoms with Gasteiger partial charge in [0.15, 0.2) is 0 Å². The number of piperazine rings is 1. The molecule has 2 aromatic heterocycles. The van der Waals surface area contributed by atoms with Crippen molar-refractivity contribution in [2.75, 3.05) is 26.2 Å². The molecular formula is C19H21N3S. The van der Waals surface area contributed by atoms with E-state index in [1.807, 2.05) is 17.4 Å². The van der Waals surface area contributed by atoms with Crippen LogP contribution in [0.2, 0.25) is 0 Å². The van der Waals surface area contributed by atoms with Crippen LogP contribution in [0.25, 0.3) is 10.9 Å². The quantitative estimate of drug-likeness (QED) is 0.798. The summed E-state index contributed by atoms with van der Waals surface area (Å²) in [6.45, 7) is 6.49. The van der Waals surface area contributed by atoms with E-state index in [0.29, 0.717) is 6.04 Å². The van der Waals surface area contributed by atoms with E-state index in [4.69, 9.17) is 4.98 Å². The lowest BCUT2D eigenvalue weighted by Gasteiger charge is -2.35. The first-order valence-electron chi connectivity index (χ1n) is 8.16. The molecule has 0 bridgehead atoms. The van der Waals surface area contributed by atoms with Gasteiger partial charge in [-0.2, -0.15) is 0 Å². The maximum absolute atomic E-state index is 4.70. The fourth-order valence-electron chi connectivity index (χ4n) is 3.37. The van der Waals surface area contributed by atoms with Crippen LogP contribution in [0.5, 0.6) is 0 Å². The predicted octanol–water partition coefficient (Wildman–Crippen LogP) is 3.60. The molecule has 3 nitrogen and oxygen atoms in total. The monoisotopic (exact) mass is 323 g/mol. The van der Waals surface area contributed by atoms with E-state index in [1.165, 1.54) is 21.4 Å². The lowest BCUT2D eigenvalue weighted by molar-refractivity contribution is 0.200. The average molecular weight is 323 g/mol. The number of aryl methyl sites for hydroxylation is 1. The molecule has 3 aromatic rings. The van der Waals surface area contributed by atoms with Crippen LogP contribution in [0.4, 0.5) is 0 Å². The van der Waals surface area contributed by atoms with E-state index < -0.39 is 0 Å². The predicted molar refractivity (Wildman–Crippen MR) is 97.1 cm³/mol. The van der Waals surface area contributed by atoms with Crippen molar-refractivity contribution in [3.05, 3.63) is 64.0 Å². The minimum atomic E-state index is 0.314. The van der Waals surface area contributed by atoms with Crippen molar-refractivity contribution < 1.29 is 0 Å². The van der Waals surface area contributed by atoms with Crippen molar-refractivity contribution in [3.8, 4) is 0 Å². The number of benzene rings is 1. The molecule has 1 saturated heterocycles. The van der Waals surface area contributed by atoms with Gasteiger partial charge in [0.05, 0.1) is 11.6 Å². The van der Waals surface area contributed by atoms with Gasteiger partial charge in [0.1, 0.15) is 0 Å². The molecule has 1 atom stereocenters. The van der Waals surface area contributed by atoms with Crippen LogP contribution < -0.4 is 5.32 Å². The largest absolute Gasteiger partial charge is 0.314 e. The molecule has 0 radical (unpaired) electrons. The summed E-state index contributed by atoms with van der Waals surface area (Å²) in [6, 6.07) is 13.2. The summed E-state index contributed by atoms with van der Waals surface area (Å²) in [5.74, 6) is 0. The summed E-state index contributed by atoms with van der Waals surface area (Å²) in [4.78, 5) is 8.73. The van der Waals surface area contributed by atoms with Gasteiger partial charge in [-0.15, -0.1) is 11.3 Å². The van der Waals surface area contributed by atoms with Crippen LogP contribution in [0.3, 0.4) is 0 Å². The molecular weight excluding hydrogens is 302 g/mol. The fourth-order valence-corrected chi connectivity index (χ4v) is 4.46. The number of nitrogens with one attached hydrogen (secondary N) is 1. The molecule has 1 aromatic carbocycles. The summed E-state index contributed by atoms with van der Waals surface area (Å²) in [6.07, 6.45) is 2.06. The van der Waals surface area contributed by atoms with Crippen molar-refractivity contribution in [1.29, 1.82) is 0 Å². The summed E-state index contributed by atoms with van der Waals surface area (Å²) in [7, 11) is 0. The summed E-state index contributed by atoms with van der Waals surface area (Å²) >= 11 is 1.86. The van der Waals surface area contributed by atoms with Crippen molar-refractivity contribution in [2.45, 2.75) is 13.0 Å². The molecule has 1 fully saturated rings. The Morgan fingerprint density at radius 1 is 1.17 bits per heavy atom. The third-order valence-electron chi connectivity index (χ3n) is 4.59. The lowest BCUT2D eigenvalue weighted by atomic mass is 10.0. The standard InChI is InChI=1S/C19H21N3S/c1-14-6-11-23-19(14)18(22-9-7-20-8-10-22)16-12-15-4-2-3-5-17(15)21-13-16/h2-6,11-13,18,20H,7-10H2,1H3. The number of pyridine rings is 1.